The number of rotatable bonds is 3. The van der Waals surface area contributed by atoms with Gasteiger partial charge >= 0.3 is 0 Å². The van der Waals surface area contributed by atoms with Gasteiger partial charge in [0, 0.05) is 6.04 Å². The first-order valence-corrected chi connectivity index (χ1v) is 4.79. The Morgan fingerprint density at radius 1 is 1.36 bits per heavy atom. The molecule has 0 radical (unpaired) electrons. The van der Waals surface area contributed by atoms with Crippen molar-refractivity contribution in [3.8, 4) is 0 Å². The van der Waals surface area contributed by atoms with Crippen molar-refractivity contribution in [1.82, 2.24) is 5.32 Å². The summed E-state index contributed by atoms with van der Waals surface area (Å²) in [5, 5.41) is 3.56. The van der Waals surface area contributed by atoms with Crippen LogP contribution in [0.25, 0.3) is 0 Å². The Kier molecular flexibility index (Phi) is 2.58. The van der Waals surface area contributed by atoms with Gasteiger partial charge in [-0.2, -0.15) is 0 Å². The molecule has 0 bridgehead atoms. The van der Waals surface area contributed by atoms with Crippen molar-refractivity contribution in [2.45, 2.75) is 46.6 Å². The van der Waals surface area contributed by atoms with Gasteiger partial charge in [0.25, 0.3) is 0 Å². The van der Waals surface area contributed by atoms with Gasteiger partial charge in [0.15, 0.2) is 0 Å². The SMILES string of the molecule is CCCNC1CC1C(C)(C)C. The van der Waals surface area contributed by atoms with E-state index in [0.29, 0.717) is 5.41 Å². The van der Waals surface area contributed by atoms with Crippen molar-refractivity contribution in [3.63, 3.8) is 0 Å². The molecule has 1 nitrogen and oxygen atoms in total. The lowest BCUT2D eigenvalue weighted by Gasteiger charge is -2.18. The summed E-state index contributed by atoms with van der Waals surface area (Å²) in [4.78, 5) is 0. The molecule has 0 aliphatic heterocycles. The average Bonchev–Trinajstić information content (AvgIpc) is 2.60. The van der Waals surface area contributed by atoms with Crippen LogP contribution in [0.3, 0.4) is 0 Å². The molecule has 0 amide bonds. The summed E-state index contributed by atoms with van der Waals surface area (Å²) in [6, 6.07) is 0.829. The van der Waals surface area contributed by atoms with Crippen molar-refractivity contribution < 1.29 is 0 Å². The molecule has 1 rings (SSSR count). The fourth-order valence-electron chi connectivity index (χ4n) is 1.71. The Balaban J connectivity index is 2.16. The van der Waals surface area contributed by atoms with Crippen LogP contribution in [-0.2, 0) is 0 Å². The number of nitrogens with one attached hydrogen (secondary N) is 1. The first-order valence-electron chi connectivity index (χ1n) is 4.79. The maximum atomic E-state index is 3.56. The minimum absolute atomic E-state index is 0.519. The molecule has 1 aliphatic rings. The van der Waals surface area contributed by atoms with Gasteiger partial charge in [0.05, 0.1) is 0 Å². The van der Waals surface area contributed by atoms with Crippen LogP contribution in [0, 0.1) is 11.3 Å². The molecular formula is C10H21N. The summed E-state index contributed by atoms with van der Waals surface area (Å²) in [6.45, 7) is 10.4. The smallest absolute Gasteiger partial charge is 0.0104 e. The zero-order valence-corrected chi connectivity index (χ0v) is 8.28. The molecule has 0 aromatic carbocycles. The van der Waals surface area contributed by atoms with E-state index in [0.717, 1.165) is 12.0 Å². The Hall–Kier alpha value is -0.0400. The Labute approximate surface area is 70.6 Å². The van der Waals surface area contributed by atoms with E-state index in [9.17, 15) is 0 Å². The van der Waals surface area contributed by atoms with E-state index in [-0.39, 0.29) is 0 Å². The first-order chi connectivity index (χ1) is 5.05. The van der Waals surface area contributed by atoms with Crippen LogP contribution >= 0.6 is 0 Å². The molecule has 0 aromatic heterocycles. The second-order valence-corrected chi connectivity index (χ2v) is 4.77. The van der Waals surface area contributed by atoms with Gasteiger partial charge in [-0.1, -0.05) is 27.7 Å². The van der Waals surface area contributed by atoms with E-state index in [1.807, 2.05) is 0 Å². The highest BCUT2D eigenvalue weighted by atomic mass is 15.0. The Morgan fingerprint density at radius 2 is 2.00 bits per heavy atom. The number of hydrogen-bond acceptors (Lipinski definition) is 1. The van der Waals surface area contributed by atoms with Gasteiger partial charge in [-0.15, -0.1) is 0 Å². The van der Waals surface area contributed by atoms with Crippen molar-refractivity contribution >= 4 is 0 Å². The lowest BCUT2D eigenvalue weighted by molar-refractivity contribution is 0.333. The largest absolute Gasteiger partial charge is 0.314 e. The van der Waals surface area contributed by atoms with E-state index >= 15 is 0 Å². The summed E-state index contributed by atoms with van der Waals surface area (Å²) in [5.41, 5.74) is 0.519. The first kappa shape index (κ1) is 9.05. The standard InChI is InChI=1S/C10H21N/c1-5-6-11-9-7-8(9)10(2,3)4/h8-9,11H,5-7H2,1-4H3. The zero-order valence-electron chi connectivity index (χ0n) is 8.28. The van der Waals surface area contributed by atoms with Gasteiger partial charge in [-0.3, -0.25) is 0 Å². The van der Waals surface area contributed by atoms with Crippen molar-refractivity contribution in [1.29, 1.82) is 0 Å². The lowest BCUT2D eigenvalue weighted by Crippen LogP contribution is -2.23. The third-order valence-corrected chi connectivity index (χ3v) is 2.56. The van der Waals surface area contributed by atoms with Gasteiger partial charge < -0.3 is 5.32 Å². The number of hydrogen-bond donors (Lipinski definition) is 1. The second-order valence-electron chi connectivity index (χ2n) is 4.77. The minimum Gasteiger partial charge on any atom is -0.314 e. The van der Waals surface area contributed by atoms with Gasteiger partial charge in [0.2, 0.25) is 0 Å². The molecule has 11 heavy (non-hydrogen) atoms. The van der Waals surface area contributed by atoms with E-state index in [1.165, 1.54) is 19.4 Å². The molecule has 66 valence electrons. The maximum absolute atomic E-state index is 3.56. The molecule has 1 aliphatic carbocycles. The van der Waals surface area contributed by atoms with Gasteiger partial charge in [-0.25, -0.2) is 0 Å². The molecule has 1 heteroatoms. The summed E-state index contributed by atoms with van der Waals surface area (Å²) >= 11 is 0. The monoisotopic (exact) mass is 155 g/mol. The molecule has 1 saturated carbocycles. The predicted molar refractivity (Wildman–Crippen MR) is 49.6 cm³/mol. The van der Waals surface area contributed by atoms with Gasteiger partial charge in [0.1, 0.15) is 0 Å². The van der Waals surface area contributed by atoms with Crippen LogP contribution in [0.1, 0.15) is 40.5 Å². The van der Waals surface area contributed by atoms with Crippen molar-refractivity contribution in [2.75, 3.05) is 6.54 Å². The highest BCUT2D eigenvalue weighted by Gasteiger charge is 2.44. The molecule has 0 spiro atoms. The highest BCUT2D eigenvalue weighted by Crippen LogP contribution is 2.44. The van der Waals surface area contributed by atoms with Crippen LogP contribution in [-0.4, -0.2) is 12.6 Å². The maximum Gasteiger partial charge on any atom is 0.0104 e. The van der Waals surface area contributed by atoms with Crippen molar-refractivity contribution in [3.05, 3.63) is 0 Å². The predicted octanol–water partition coefficient (Wildman–Crippen LogP) is 2.42. The third-order valence-electron chi connectivity index (χ3n) is 2.56. The Bertz CT molecular complexity index is 123. The van der Waals surface area contributed by atoms with Crippen LogP contribution in [0.2, 0.25) is 0 Å². The summed E-state index contributed by atoms with van der Waals surface area (Å²) in [6.07, 6.45) is 2.65. The van der Waals surface area contributed by atoms with Crippen molar-refractivity contribution in [2.24, 2.45) is 11.3 Å². The summed E-state index contributed by atoms with van der Waals surface area (Å²) in [5.74, 6) is 0.925. The molecule has 0 aromatic rings. The molecule has 1 fully saturated rings. The molecule has 1 N–H and O–H groups in total. The third kappa shape index (κ3) is 2.48. The van der Waals surface area contributed by atoms with E-state index in [2.05, 4.69) is 33.0 Å². The fraction of sp³-hybridized carbons (Fsp3) is 1.00. The van der Waals surface area contributed by atoms with Crippen LogP contribution in [0.15, 0.2) is 0 Å². The highest BCUT2D eigenvalue weighted by molar-refractivity contribution is 4.99. The van der Waals surface area contributed by atoms with Gasteiger partial charge in [-0.05, 0) is 30.7 Å². The molecule has 0 saturated heterocycles. The normalized spacial score (nSPS) is 30.5. The minimum atomic E-state index is 0.519. The molecule has 2 atom stereocenters. The van der Waals surface area contributed by atoms with E-state index in [4.69, 9.17) is 0 Å². The quantitative estimate of drug-likeness (QED) is 0.660. The van der Waals surface area contributed by atoms with E-state index < -0.39 is 0 Å². The van der Waals surface area contributed by atoms with Crippen LogP contribution in [0.4, 0.5) is 0 Å². The topological polar surface area (TPSA) is 12.0 Å². The fourth-order valence-corrected chi connectivity index (χ4v) is 1.71. The summed E-state index contributed by atoms with van der Waals surface area (Å²) < 4.78 is 0. The molecule has 0 heterocycles. The van der Waals surface area contributed by atoms with Crippen LogP contribution in [0.5, 0.6) is 0 Å². The van der Waals surface area contributed by atoms with E-state index in [1.54, 1.807) is 0 Å². The Morgan fingerprint density at radius 3 is 2.36 bits per heavy atom. The lowest BCUT2D eigenvalue weighted by atomic mass is 9.90. The second kappa shape index (κ2) is 3.14. The zero-order chi connectivity index (χ0) is 8.48. The molecular weight excluding hydrogens is 134 g/mol. The van der Waals surface area contributed by atoms with Crippen LogP contribution < -0.4 is 5.32 Å². The summed E-state index contributed by atoms with van der Waals surface area (Å²) in [7, 11) is 0. The average molecular weight is 155 g/mol. The molecule has 2 unspecified atom stereocenters.